The van der Waals surface area contributed by atoms with E-state index in [1.807, 2.05) is 47.4 Å². The van der Waals surface area contributed by atoms with Crippen molar-refractivity contribution in [3.05, 3.63) is 76.7 Å². The number of hydrogen-bond donors (Lipinski definition) is 0. The number of carbonyl (C=O) groups excluding carboxylic acids is 1. The molecule has 1 amide bonds. The molecule has 3 aromatic carbocycles. The van der Waals surface area contributed by atoms with Crippen LogP contribution in [0.15, 0.2) is 65.6 Å². The van der Waals surface area contributed by atoms with Crippen LogP contribution in [0, 0.1) is 0 Å². The lowest BCUT2D eigenvalue weighted by atomic mass is 9.94. The predicted octanol–water partition coefficient (Wildman–Crippen LogP) is 6.96. The van der Waals surface area contributed by atoms with Gasteiger partial charge in [-0.15, -0.1) is 0 Å². The van der Waals surface area contributed by atoms with Crippen molar-refractivity contribution in [1.29, 1.82) is 0 Å². The molecule has 6 heteroatoms. The van der Waals surface area contributed by atoms with Gasteiger partial charge in [0.1, 0.15) is 10.9 Å². The number of amides is 1. The van der Waals surface area contributed by atoms with Crippen molar-refractivity contribution in [1.82, 2.24) is 4.90 Å². The van der Waals surface area contributed by atoms with Crippen molar-refractivity contribution < 1.29 is 14.3 Å². The first-order valence-corrected chi connectivity index (χ1v) is 12.9. The van der Waals surface area contributed by atoms with Crippen LogP contribution in [0.5, 0.6) is 11.5 Å². The molecular formula is C28H27NO3S2. The molecule has 1 saturated carbocycles. The Balaban J connectivity index is 1.33. The quantitative estimate of drug-likeness (QED) is 0.276. The maximum atomic E-state index is 13.1. The van der Waals surface area contributed by atoms with Gasteiger partial charge in [-0.2, -0.15) is 0 Å². The van der Waals surface area contributed by atoms with E-state index in [-0.39, 0.29) is 11.9 Å². The van der Waals surface area contributed by atoms with Crippen molar-refractivity contribution in [2.45, 2.75) is 44.8 Å². The van der Waals surface area contributed by atoms with Gasteiger partial charge in [0.25, 0.3) is 5.91 Å². The van der Waals surface area contributed by atoms with Gasteiger partial charge in [-0.1, -0.05) is 91.8 Å². The van der Waals surface area contributed by atoms with Crippen molar-refractivity contribution in [2.75, 3.05) is 7.11 Å². The van der Waals surface area contributed by atoms with E-state index in [1.54, 1.807) is 7.11 Å². The zero-order chi connectivity index (χ0) is 23.5. The molecule has 2 fully saturated rings. The van der Waals surface area contributed by atoms with E-state index in [0.29, 0.717) is 27.3 Å². The Morgan fingerprint density at radius 3 is 2.65 bits per heavy atom. The molecule has 0 unspecified atom stereocenters. The molecule has 1 aliphatic carbocycles. The van der Waals surface area contributed by atoms with Crippen LogP contribution in [0.3, 0.4) is 0 Å². The molecule has 1 aliphatic heterocycles. The standard InChI is InChI=1S/C28H27NO3S2/c1-31-25-16-19(17-26-27(30)29(28(33)34-26)22-11-3-2-4-12-22)14-15-24(25)32-18-21-10-7-9-20-8-5-6-13-23(20)21/h5-10,13-17,22H,2-4,11-12,18H2,1H3/b26-17+. The van der Waals surface area contributed by atoms with Crippen LogP contribution < -0.4 is 9.47 Å². The molecule has 1 heterocycles. The third kappa shape index (κ3) is 4.70. The minimum atomic E-state index is 0.0251. The second kappa shape index (κ2) is 10.2. The molecule has 0 bridgehead atoms. The highest BCUT2D eigenvalue weighted by Crippen LogP contribution is 2.38. The number of carbonyl (C=O) groups is 1. The van der Waals surface area contributed by atoms with E-state index in [9.17, 15) is 4.79 Å². The third-order valence-corrected chi connectivity index (χ3v) is 7.84. The molecule has 4 nitrogen and oxygen atoms in total. The second-order valence-corrected chi connectivity index (χ2v) is 10.4. The van der Waals surface area contributed by atoms with Gasteiger partial charge in [-0.25, -0.2) is 0 Å². The van der Waals surface area contributed by atoms with Gasteiger partial charge in [0.15, 0.2) is 11.5 Å². The molecule has 34 heavy (non-hydrogen) atoms. The number of fused-ring (bicyclic) bond motifs is 1. The van der Waals surface area contributed by atoms with Crippen LogP contribution in [0.25, 0.3) is 16.8 Å². The summed E-state index contributed by atoms with van der Waals surface area (Å²) in [6, 6.07) is 20.5. The SMILES string of the molecule is COc1cc(/C=C2/SC(=S)N(C3CCCCC3)C2=O)ccc1OCc1cccc2ccccc12. The number of hydrogen-bond acceptors (Lipinski definition) is 5. The Morgan fingerprint density at radius 2 is 1.82 bits per heavy atom. The van der Waals surface area contributed by atoms with Crippen LogP contribution in [0.2, 0.25) is 0 Å². The Labute approximate surface area is 209 Å². The monoisotopic (exact) mass is 489 g/mol. The summed E-state index contributed by atoms with van der Waals surface area (Å²) < 4.78 is 12.4. The van der Waals surface area contributed by atoms with Gasteiger partial charge in [-0.3, -0.25) is 9.69 Å². The summed E-state index contributed by atoms with van der Waals surface area (Å²) >= 11 is 6.95. The summed E-state index contributed by atoms with van der Waals surface area (Å²) in [7, 11) is 1.63. The van der Waals surface area contributed by atoms with Crippen molar-refractivity contribution in [2.24, 2.45) is 0 Å². The van der Waals surface area contributed by atoms with E-state index in [0.717, 1.165) is 36.8 Å². The van der Waals surface area contributed by atoms with E-state index in [2.05, 4.69) is 24.3 Å². The number of ether oxygens (including phenoxy) is 2. The van der Waals surface area contributed by atoms with E-state index in [1.165, 1.54) is 29.0 Å². The maximum absolute atomic E-state index is 13.1. The molecule has 0 atom stereocenters. The molecule has 0 N–H and O–H groups in total. The number of methoxy groups -OCH3 is 1. The lowest BCUT2D eigenvalue weighted by molar-refractivity contribution is -0.124. The topological polar surface area (TPSA) is 38.8 Å². The fourth-order valence-electron chi connectivity index (χ4n) is 4.75. The first-order valence-electron chi connectivity index (χ1n) is 11.7. The highest BCUT2D eigenvalue weighted by atomic mass is 32.2. The van der Waals surface area contributed by atoms with Crippen LogP contribution >= 0.6 is 24.0 Å². The normalized spacial score (nSPS) is 18.1. The van der Waals surface area contributed by atoms with Gasteiger partial charge >= 0.3 is 0 Å². The maximum Gasteiger partial charge on any atom is 0.266 e. The summed E-state index contributed by atoms with van der Waals surface area (Å²) in [6.45, 7) is 0.442. The number of thioether (sulfide) groups is 1. The van der Waals surface area contributed by atoms with Gasteiger partial charge in [-0.05, 0) is 52.9 Å². The third-order valence-electron chi connectivity index (χ3n) is 6.51. The summed E-state index contributed by atoms with van der Waals surface area (Å²) in [5, 5.41) is 2.37. The van der Waals surface area contributed by atoms with Gasteiger partial charge in [0, 0.05) is 6.04 Å². The zero-order valence-electron chi connectivity index (χ0n) is 19.2. The molecule has 2 aliphatic rings. The number of benzene rings is 3. The number of thiocarbonyl (C=S) groups is 1. The van der Waals surface area contributed by atoms with Gasteiger partial charge in [0.05, 0.1) is 12.0 Å². The first-order chi connectivity index (χ1) is 16.6. The number of rotatable bonds is 6. The highest BCUT2D eigenvalue weighted by Gasteiger charge is 2.37. The van der Waals surface area contributed by atoms with E-state index >= 15 is 0 Å². The second-order valence-electron chi connectivity index (χ2n) is 8.68. The summed E-state index contributed by atoms with van der Waals surface area (Å²) in [6.07, 6.45) is 7.55. The average molecular weight is 490 g/mol. The Morgan fingerprint density at radius 1 is 1.03 bits per heavy atom. The van der Waals surface area contributed by atoms with Crippen molar-refractivity contribution in [3.8, 4) is 11.5 Å². The number of nitrogens with zero attached hydrogens (tertiary/aromatic N) is 1. The molecular weight excluding hydrogens is 462 g/mol. The Bertz CT molecular complexity index is 1260. The lowest BCUT2D eigenvalue weighted by Gasteiger charge is -2.29. The minimum absolute atomic E-state index is 0.0251. The Hall–Kier alpha value is -2.83. The molecule has 174 valence electrons. The summed E-state index contributed by atoms with van der Waals surface area (Å²) in [5.41, 5.74) is 2.01. The highest BCUT2D eigenvalue weighted by molar-refractivity contribution is 8.26. The molecule has 1 saturated heterocycles. The van der Waals surface area contributed by atoms with Gasteiger partial charge < -0.3 is 9.47 Å². The fraction of sp³-hybridized carbons (Fsp3) is 0.286. The molecule has 0 aromatic heterocycles. The van der Waals surface area contributed by atoms with Crippen LogP contribution in [0.4, 0.5) is 0 Å². The van der Waals surface area contributed by atoms with Gasteiger partial charge in [0.2, 0.25) is 0 Å². The predicted molar refractivity (Wildman–Crippen MR) is 143 cm³/mol. The fourth-order valence-corrected chi connectivity index (χ4v) is 6.15. The first kappa shape index (κ1) is 22.9. The molecule has 0 radical (unpaired) electrons. The molecule has 3 aromatic rings. The summed E-state index contributed by atoms with van der Waals surface area (Å²) in [4.78, 5) is 15.6. The molecule has 0 spiro atoms. The largest absolute Gasteiger partial charge is 0.493 e. The van der Waals surface area contributed by atoms with Crippen LogP contribution in [-0.2, 0) is 11.4 Å². The minimum Gasteiger partial charge on any atom is -0.493 e. The smallest absolute Gasteiger partial charge is 0.266 e. The Kier molecular flexibility index (Phi) is 6.88. The van der Waals surface area contributed by atoms with E-state index in [4.69, 9.17) is 21.7 Å². The van der Waals surface area contributed by atoms with E-state index < -0.39 is 0 Å². The van der Waals surface area contributed by atoms with Crippen molar-refractivity contribution in [3.63, 3.8) is 0 Å². The van der Waals surface area contributed by atoms with Crippen LogP contribution in [-0.4, -0.2) is 28.3 Å². The zero-order valence-corrected chi connectivity index (χ0v) is 20.8. The molecule has 5 rings (SSSR count). The lowest BCUT2D eigenvalue weighted by Crippen LogP contribution is -2.39. The average Bonchev–Trinajstić information content (AvgIpc) is 3.15. The van der Waals surface area contributed by atoms with Crippen molar-refractivity contribution >= 4 is 51.1 Å². The summed E-state index contributed by atoms with van der Waals surface area (Å²) in [5.74, 6) is 1.33. The van der Waals surface area contributed by atoms with Crippen LogP contribution in [0.1, 0.15) is 43.2 Å².